The molecular formula is C26H25Cl2N5O3S. The lowest BCUT2D eigenvalue weighted by atomic mass is 9.99. The molecule has 0 spiro atoms. The SMILES string of the molecule is CC(C)(C)OC(=O)N1CCc2ccc(Nc3ncc4c(n3)SCN(c3c(Cl)cccc3Cl)C4=O)cc2C1. The molecule has 1 aromatic heterocycles. The lowest BCUT2D eigenvalue weighted by molar-refractivity contribution is 0.0224. The minimum atomic E-state index is -0.541. The van der Waals surface area contributed by atoms with Gasteiger partial charge in [-0.2, -0.15) is 0 Å². The number of rotatable bonds is 3. The highest BCUT2D eigenvalue weighted by Gasteiger charge is 2.31. The molecule has 3 aromatic rings. The Bertz CT molecular complexity index is 1370. The number of nitrogens with one attached hydrogen (secondary N) is 1. The molecule has 0 aliphatic carbocycles. The predicted octanol–water partition coefficient (Wildman–Crippen LogP) is 6.53. The van der Waals surface area contributed by atoms with Gasteiger partial charge in [0.25, 0.3) is 5.91 Å². The third kappa shape index (κ3) is 5.49. The summed E-state index contributed by atoms with van der Waals surface area (Å²) < 4.78 is 5.53. The van der Waals surface area contributed by atoms with Gasteiger partial charge in [0.05, 0.1) is 27.2 Å². The van der Waals surface area contributed by atoms with E-state index in [-0.39, 0.29) is 12.0 Å². The summed E-state index contributed by atoms with van der Waals surface area (Å²) in [6.45, 7) is 6.66. The van der Waals surface area contributed by atoms with E-state index >= 15 is 0 Å². The first-order valence-electron chi connectivity index (χ1n) is 11.7. The Kier molecular flexibility index (Phi) is 6.95. The molecule has 8 nitrogen and oxygen atoms in total. The summed E-state index contributed by atoms with van der Waals surface area (Å²) in [7, 11) is 0. The van der Waals surface area contributed by atoms with E-state index in [2.05, 4.69) is 15.3 Å². The van der Waals surface area contributed by atoms with Gasteiger partial charge < -0.3 is 15.0 Å². The number of amides is 2. The molecule has 1 N–H and O–H groups in total. The van der Waals surface area contributed by atoms with E-state index in [1.54, 1.807) is 23.1 Å². The lowest BCUT2D eigenvalue weighted by Gasteiger charge is -2.31. The smallest absolute Gasteiger partial charge is 0.410 e. The Morgan fingerprint density at radius 2 is 1.89 bits per heavy atom. The van der Waals surface area contributed by atoms with Crippen molar-refractivity contribution in [1.29, 1.82) is 0 Å². The number of para-hydroxylation sites is 1. The van der Waals surface area contributed by atoms with Crippen molar-refractivity contribution < 1.29 is 14.3 Å². The molecule has 11 heteroatoms. The van der Waals surface area contributed by atoms with E-state index in [9.17, 15) is 9.59 Å². The number of anilines is 3. The number of halogens is 2. The van der Waals surface area contributed by atoms with Gasteiger partial charge >= 0.3 is 6.09 Å². The van der Waals surface area contributed by atoms with Gasteiger partial charge in [-0.1, -0.05) is 47.1 Å². The van der Waals surface area contributed by atoms with Crippen molar-refractivity contribution in [3.8, 4) is 0 Å². The first-order chi connectivity index (χ1) is 17.6. The fourth-order valence-corrected chi connectivity index (χ4v) is 5.72. The van der Waals surface area contributed by atoms with Gasteiger partial charge in [-0.15, -0.1) is 0 Å². The van der Waals surface area contributed by atoms with Gasteiger partial charge in [0, 0.05) is 25.0 Å². The summed E-state index contributed by atoms with van der Waals surface area (Å²) in [5.41, 5.74) is 3.34. The fraction of sp³-hybridized carbons (Fsp3) is 0.308. The largest absolute Gasteiger partial charge is 0.444 e. The number of fused-ring (bicyclic) bond motifs is 2. The first-order valence-corrected chi connectivity index (χ1v) is 13.5. The molecular weight excluding hydrogens is 533 g/mol. The quantitative estimate of drug-likeness (QED) is 0.366. The van der Waals surface area contributed by atoms with Crippen LogP contribution in [0.15, 0.2) is 47.6 Å². The average molecular weight is 558 g/mol. The summed E-state index contributed by atoms with van der Waals surface area (Å²) in [6, 6.07) is 11.1. The van der Waals surface area contributed by atoms with Gasteiger partial charge in [-0.25, -0.2) is 14.8 Å². The van der Waals surface area contributed by atoms with E-state index < -0.39 is 5.60 Å². The molecule has 37 heavy (non-hydrogen) atoms. The number of benzene rings is 2. The van der Waals surface area contributed by atoms with Crippen molar-refractivity contribution in [3.63, 3.8) is 0 Å². The van der Waals surface area contributed by atoms with E-state index in [4.69, 9.17) is 27.9 Å². The Labute approximate surface area is 229 Å². The monoisotopic (exact) mass is 557 g/mol. The highest BCUT2D eigenvalue weighted by atomic mass is 35.5. The molecule has 0 atom stereocenters. The normalized spacial score (nSPS) is 15.2. The fourth-order valence-electron chi connectivity index (χ4n) is 4.17. The molecule has 0 bridgehead atoms. The lowest BCUT2D eigenvalue weighted by Crippen LogP contribution is -2.39. The van der Waals surface area contributed by atoms with Crippen LogP contribution < -0.4 is 10.2 Å². The molecule has 5 rings (SSSR count). The van der Waals surface area contributed by atoms with Crippen LogP contribution in [0, 0.1) is 0 Å². The Morgan fingerprint density at radius 3 is 2.62 bits per heavy atom. The number of thioether (sulfide) groups is 1. The zero-order chi connectivity index (χ0) is 26.3. The van der Waals surface area contributed by atoms with Crippen LogP contribution >= 0.6 is 35.0 Å². The molecule has 0 saturated heterocycles. The van der Waals surface area contributed by atoms with Crippen LogP contribution in [0.1, 0.15) is 42.3 Å². The highest BCUT2D eigenvalue weighted by Crippen LogP contribution is 2.39. The zero-order valence-corrected chi connectivity index (χ0v) is 22.9. The van der Waals surface area contributed by atoms with Crippen LogP contribution in [-0.2, 0) is 17.7 Å². The van der Waals surface area contributed by atoms with E-state index in [1.807, 2.05) is 39.0 Å². The zero-order valence-electron chi connectivity index (χ0n) is 20.5. The molecule has 192 valence electrons. The molecule has 2 aromatic carbocycles. The second-order valence-corrected chi connectivity index (χ2v) is 11.5. The molecule has 0 radical (unpaired) electrons. The second-order valence-electron chi connectivity index (χ2n) is 9.75. The molecule has 0 saturated carbocycles. The predicted molar refractivity (Wildman–Crippen MR) is 146 cm³/mol. The maximum Gasteiger partial charge on any atom is 0.410 e. The number of ether oxygens (including phenoxy) is 1. The topological polar surface area (TPSA) is 87.7 Å². The van der Waals surface area contributed by atoms with E-state index in [0.29, 0.717) is 51.2 Å². The van der Waals surface area contributed by atoms with Crippen molar-refractivity contribution >= 4 is 64.3 Å². The van der Waals surface area contributed by atoms with Crippen LogP contribution in [0.3, 0.4) is 0 Å². The maximum atomic E-state index is 13.2. The maximum absolute atomic E-state index is 13.2. The van der Waals surface area contributed by atoms with Crippen LogP contribution in [0.2, 0.25) is 10.0 Å². The summed E-state index contributed by atoms with van der Waals surface area (Å²) in [5.74, 6) is 0.444. The average Bonchev–Trinajstić information content (AvgIpc) is 2.84. The molecule has 0 fully saturated rings. The third-order valence-electron chi connectivity index (χ3n) is 5.89. The minimum Gasteiger partial charge on any atom is -0.444 e. The van der Waals surface area contributed by atoms with Gasteiger partial charge in [-0.05, 0) is 62.6 Å². The van der Waals surface area contributed by atoms with Crippen molar-refractivity contribution in [2.24, 2.45) is 0 Å². The van der Waals surface area contributed by atoms with Crippen LogP contribution in [0.5, 0.6) is 0 Å². The van der Waals surface area contributed by atoms with Gasteiger partial charge in [0.1, 0.15) is 10.6 Å². The summed E-state index contributed by atoms with van der Waals surface area (Å²) in [6.07, 6.45) is 1.96. The number of carbonyl (C=O) groups is 2. The van der Waals surface area contributed by atoms with Crippen LogP contribution in [0.4, 0.5) is 22.1 Å². The highest BCUT2D eigenvalue weighted by molar-refractivity contribution is 7.99. The minimum absolute atomic E-state index is 0.258. The van der Waals surface area contributed by atoms with Crippen molar-refractivity contribution in [3.05, 3.63) is 69.3 Å². The van der Waals surface area contributed by atoms with Gasteiger partial charge in [0.2, 0.25) is 5.95 Å². The summed E-state index contributed by atoms with van der Waals surface area (Å²) >= 11 is 14.0. The van der Waals surface area contributed by atoms with E-state index in [1.165, 1.54) is 28.4 Å². The number of nitrogens with zero attached hydrogens (tertiary/aromatic N) is 4. The third-order valence-corrected chi connectivity index (χ3v) is 7.48. The van der Waals surface area contributed by atoms with E-state index in [0.717, 1.165) is 17.7 Å². The molecule has 0 unspecified atom stereocenters. The Balaban J connectivity index is 1.32. The second kappa shape index (κ2) is 10.0. The van der Waals surface area contributed by atoms with Crippen molar-refractivity contribution in [1.82, 2.24) is 14.9 Å². The molecule has 2 amide bonds. The standard InChI is InChI=1S/C26H25Cl2N5O3S/c1-26(2,3)36-25(35)32-10-9-15-7-8-17(11-16(15)13-32)30-24-29-12-18-22(31-24)37-14-33(23(18)34)21-19(27)5-4-6-20(21)28/h4-8,11-12H,9-10,13-14H2,1-3H3,(H,29,30,31). The Hall–Kier alpha value is -3.01. The molecule has 3 heterocycles. The number of aromatic nitrogens is 2. The molecule has 2 aliphatic rings. The van der Waals surface area contributed by atoms with Crippen molar-refractivity contribution in [2.45, 2.75) is 44.4 Å². The van der Waals surface area contributed by atoms with Crippen LogP contribution in [0.25, 0.3) is 0 Å². The number of hydrogen-bond donors (Lipinski definition) is 1. The van der Waals surface area contributed by atoms with Crippen LogP contribution in [-0.4, -0.2) is 44.9 Å². The van der Waals surface area contributed by atoms with Gasteiger partial charge in [0.15, 0.2) is 0 Å². The first kappa shape index (κ1) is 25.6. The summed E-state index contributed by atoms with van der Waals surface area (Å²) in [5, 5.41) is 4.61. The number of hydrogen-bond acceptors (Lipinski definition) is 7. The summed E-state index contributed by atoms with van der Waals surface area (Å²) in [4.78, 5) is 37.9. The number of carbonyl (C=O) groups excluding carboxylic acids is 2. The Morgan fingerprint density at radius 1 is 1.14 bits per heavy atom. The van der Waals surface area contributed by atoms with Crippen molar-refractivity contribution in [2.75, 3.05) is 22.6 Å². The van der Waals surface area contributed by atoms with Gasteiger partial charge in [-0.3, -0.25) is 9.69 Å². The molecule has 2 aliphatic heterocycles.